The number of hydrogen-bond acceptors (Lipinski definition) is 3. The highest BCUT2D eigenvalue weighted by Crippen LogP contribution is 2.21. The van der Waals surface area contributed by atoms with E-state index in [0.717, 1.165) is 11.0 Å². The highest BCUT2D eigenvalue weighted by Gasteiger charge is 2.15. The van der Waals surface area contributed by atoms with E-state index < -0.39 is 0 Å². The summed E-state index contributed by atoms with van der Waals surface area (Å²) in [5.41, 5.74) is 1.41. The molecule has 20 heavy (non-hydrogen) atoms. The lowest BCUT2D eigenvalue weighted by Crippen LogP contribution is -2.35. The maximum absolute atomic E-state index is 3.70. The molecule has 1 N–H and O–H groups in total. The zero-order chi connectivity index (χ0) is 14.2. The third kappa shape index (κ3) is 5.40. The van der Waals surface area contributed by atoms with Gasteiger partial charge in [0.2, 0.25) is 0 Å². The Balaban J connectivity index is 1.90. The average Bonchev–Trinajstić information content (AvgIpc) is 2.50. The van der Waals surface area contributed by atoms with Crippen LogP contribution in [-0.2, 0) is 0 Å². The Hall–Kier alpha value is -0.0300. The highest BCUT2D eigenvalue weighted by atomic mass is 79.9. The molecule has 1 heterocycles. The molecule has 1 atom stereocenters. The number of nitrogens with zero attached hydrogens (tertiary/aromatic N) is 1. The van der Waals surface area contributed by atoms with Crippen LogP contribution in [0.2, 0.25) is 0 Å². The van der Waals surface area contributed by atoms with Crippen molar-refractivity contribution >= 4 is 27.7 Å². The normalized spacial score (nSPS) is 18.1. The number of halogens is 1. The summed E-state index contributed by atoms with van der Waals surface area (Å²) in [5, 5.41) is 3.70. The molecule has 1 aromatic carbocycles. The number of nitrogens with one attached hydrogen (secondary N) is 1. The third-order valence-corrected chi connectivity index (χ3v) is 5.22. The average molecular weight is 357 g/mol. The van der Waals surface area contributed by atoms with Crippen LogP contribution in [-0.4, -0.2) is 42.6 Å². The van der Waals surface area contributed by atoms with Crippen molar-refractivity contribution in [3.05, 3.63) is 34.3 Å². The molecular formula is C16H25BrN2S. The van der Waals surface area contributed by atoms with Gasteiger partial charge < -0.3 is 10.2 Å². The fraction of sp³-hybridized carbons (Fsp3) is 0.625. The highest BCUT2D eigenvalue weighted by molar-refractivity contribution is 9.10. The minimum atomic E-state index is 0.484. The van der Waals surface area contributed by atoms with Crippen LogP contribution >= 0.6 is 27.7 Å². The molecule has 0 saturated carbocycles. The summed E-state index contributed by atoms with van der Waals surface area (Å²) < 4.78 is 1.16. The van der Waals surface area contributed by atoms with E-state index in [2.05, 4.69) is 69.1 Å². The monoisotopic (exact) mass is 356 g/mol. The molecule has 0 aromatic heterocycles. The number of hydrogen-bond donors (Lipinski definition) is 1. The third-order valence-electron chi connectivity index (χ3n) is 3.75. The first-order chi connectivity index (χ1) is 9.79. The molecule has 1 aromatic rings. The van der Waals surface area contributed by atoms with E-state index in [1.165, 1.54) is 49.5 Å². The summed E-state index contributed by atoms with van der Waals surface area (Å²) in [4.78, 5) is 2.61. The number of rotatable bonds is 7. The molecule has 0 radical (unpaired) electrons. The zero-order valence-electron chi connectivity index (χ0n) is 12.3. The molecular weight excluding hydrogens is 332 g/mol. The van der Waals surface area contributed by atoms with Crippen LogP contribution < -0.4 is 5.32 Å². The molecule has 1 saturated heterocycles. The van der Waals surface area contributed by atoms with Gasteiger partial charge in [0.1, 0.15) is 0 Å². The van der Waals surface area contributed by atoms with Crippen molar-refractivity contribution in [2.24, 2.45) is 0 Å². The Labute approximate surface area is 135 Å². The topological polar surface area (TPSA) is 15.3 Å². The van der Waals surface area contributed by atoms with Crippen LogP contribution in [0.15, 0.2) is 28.7 Å². The maximum Gasteiger partial charge on any atom is 0.0332 e. The smallest absolute Gasteiger partial charge is 0.0332 e. The molecule has 2 nitrogen and oxygen atoms in total. The Morgan fingerprint density at radius 1 is 1.25 bits per heavy atom. The van der Waals surface area contributed by atoms with E-state index in [1.807, 2.05) is 0 Å². The molecule has 0 bridgehead atoms. The van der Waals surface area contributed by atoms with Crippen molar-refractivity contribution in [2.45, 2.75) is 25.8 Å². The van der Waals surface area contributed by atoms with E-state index in [4.69, 9.17) is 0 Å². The predicted molar refractivity (Wildman–Crippen MR) is 93.6 cm³/mol. The van der Waals surface area contributed by atoms with Crippen LogP contribution in [0.4, 0.5) is 0 Å². The number of benzene rings is 1. The molecule has 1 unspecified atom stereocenters. The van der Waals surface area contributed by atoms with E-state index in [-0.39, 0.29) is 0 Å². The van der Waals surface area contributed by atoms with E-state index >= 15 is 0 Å². The molecule has 1 fully saturated rings. The summed E-state index contributed by atoms with van der Waals surface area (Å²) in [5.74, 6) is 2.59. The fourth-order valence-electron chi connectivity index (χ4n) is 2.54. The fourth-order valence-corrected chi connectivity index (χ4v) is 3.78. The Morgan fingerprint density at radius 2 is 1.95 bits per heavy atom. The van der Waals surface area contributed by atoms with Gasteiger partial charge in [-0.15, -0.1) is 0 Å². The van der Waals surface area contributed by atoms with Gasteiger partial charge in [-0.1, -0.05) is 35.0 Å². The largest absolute Gasteiger partial charge is 0.310 e. The van der Waals surface area contributed by atoms with Gasteiger partial charge in [0, 0.05) is 41.7 Å². The summed E-state index contributed by atoms with van der Waals surface area (Å²) in [6.45, 7) is 7.04. The summed E-state index contributed by atoms with van der Waals surface area (Å²) in [6.07, 6.45) is 2.39. The van der Waals surface area contributed by atoms with Gasteiger partial charge in [-0.2, -0.15) is 11.8 Å². The maximum atomic E-state index is 3.70. The van der Waals surface area contributed by atoms with E-state index in [1.54, 1.807) is 0 Å². The summed E-state index contributed by atoms with van der Waals surface area (Å²) in [7, 11) is 0. The molecule has 0 spiro atoms. The molecule has 0 aliphatic carbocycles. The van der Waals surface area contributed by atoms with E-state index in [9.17, 15) is 0 Å². The molecule has 2 rings (SSSR count). The lowest BCUT2D eigenvalue weighted by molar-refractivity contribution is 0.281. The summed E-state index contributed by atoms with van der Waals surface area (Å²) >= 11 is 5.60. The molecule has 1 aliphatic heterocycles. The van der Waals surface area contributed by atoms with Crippen molar-refractivity contribution in [3.8, 4) is 0 Å². The first kappa shape index (κ1) is 16.3. The van der Waals surface area contributed by atoms with Gasteiger partial charge in [-0.25, -0.2) is 0 Å². The molecule has 1 aliphatic rings. The first-order valence-corrected chi connectivity index (χ1v) is 9.53. The standard InChI is InChI=1S/C16H25BrN2S/c1-2-8-18-16(14-3-5-15(17)6-4-14)7-9-19-10-12-20-13-11-19/h3-6,16,18H,2,7-13H2,1H3. The SMILES string of the molecule is CCCNC(CCN1CCSCC1)c1ccc(Br)cc1. The molecule has 4 heteroatoms. The van der Waals surface area contributed by atoms with Crippen molar-refractivity contribution in [2.75, 3.05) is 37.7 Å². The van der Waals surface area contributed by atoms with Gasteiger partial charge in [-0.3, -0.25) is 0 Å². The van der Waals surface area contributed by atoms with Crippen LogP contribution in [0.5, 0.6) is 0 Å². The lowest BCUT2D eigenvalue weighted by atomic mass is 10.0. The Bertz CT molecular complexity index is 377. The van der Waals surface area contributed by atoms with Gasteiger partial charge in [0.25, 0.3) is 0 Å². The van der Waals surface area contributed by atoms with Gasteiger partial charge in [-0.05, 0) is 37.1 Å². The second kappa shape index (κ2) is 9.08. The van der Waals surface area contributed by atoms with Gasteiger partial charge >= 0.3 is 0 Å². The number of thioether (sulfide) groups is 1. The van der Waals surface area contributed by atoms with Crippen LogP contribution in [0, 0.1) is 0 Å². The van der Waals surface area contributed by atoms with Crippen molar-refractivity contribution in [1.82, 2.24) is 10.2 Å². The Morgan fingerprint density at radius 3 is 2.60 bits per heavy atom. The van der Waals surface area contributed by atoms with Crippen LogP contribution in [0.3, 0.4) is 0 Å². The van der Waals surface area contributed by atoms with Gasteiger partial charge in [0.15, 0.2) is 0 Å². The quantitative estimate of drug-likeness (QED) is 0.796. The Kier molecular flexibility index (Phi) is 7.42. The first-order valence-electron chi connectivity index (χ1n) is 7.58. The minimum Gasteiger partial charge on any atom is -0.310 e. The van der Waals surface area contributed by atoms with Crippen molar-refractivity contribution in [3.63, 3.8) is 0 Å². The van der Waals surface area contributed by atoms with Gasteiger partial charge in [0.05, 0.1) is 0 Å². The molecule has 112 valence electrons. The predicted octanol–water partition coefficient (Wildman–Crippen LogP) is 3.93. The molecule has 0 amide bonds. The second-order valence-electron chi connectivity index (χ2n) is 5.30. The lowest BCUT2D eigenvalue weighted by Gasteiger charge is -2.28. The van der Waals surface area contributed by atoms with Crippen LogP contribution in [0.25, 0.3) is 0 Å². The minimum absolute atomic E-state index is 0.484. The van der Waals surface area contributed by atoms with E-state index in [0.29, 0.717) is 6.04 Å². The van der Waals surface area contributed by atoms with Crippen LogP contribution in [0.1, 0.15) is 31.4 Å². The second-order valence-corrected chi connectivity index (χ2v) is 7.44. The van der Waals surface area contributed by atoms with Crippen molar-refractivity contribution in [1.29, 1.82) is 0 Å². The zero-order valence-corrected chi connectivity index (χ0v) is 14.7. The van der Waals surface area contributed by atoms with Crippen molar-refractivity contribution < 1.29 is 0 Å². The summed E-state index contributed by atoms with van der Waals surface area (Å²) in [6, 6.07) is 9.26.